The van der Waals surface area contributed by atoms with Crippen molar-refractivity contribution in [1.29, 1.82) is 0 Å². The quantitative estimate of drug-likeness (QED) is 0.372. The molecule has 0 bridgehead atoms. The summed E-state index contributed by atoms with van der Waals surface area (Å²) in [6.45, 7) is 0. The van der Waals surface area contributed by atoms with Crippen molar-refractivity contribution >= 4 is 11.0 Å². The van der Waals surface area contributed by atoms with Gasteiger partial charge in [0.15, 0.2) is 0 Å². The third kappa shape index (κ3) is 2.81. The topological polar surface area (TPSA) is 17.8 Å². The maximum atomic E-state index is 4.96. The molecule has 0 atom stereocenters. The van der Waals surface area contributed by atoms with E-state index < -0.39 is 0 Å². The van der Waals surface area contributed by atoms with Gasteiger partial charge in [0, 0.05) is 11.3 Å². The Balaban J connectivity index is 1.75. The number of hydrogen-bond acceptors (Lipinski definition) is 1. The molecule has 0 unspecified atom stereocenters. The zero-order chi connectivity index (χ0) is 18.1. The van der Waals surface area contributed by atoms with Gasteiger partial charge in [-0.3, -0.25) is 4.57 Å². The predicted octanol–water partition coefficient (Wildman–Crippen LogP) is 6.36. The molecule has 1 heterocycles. The first kappa shape index (κ1) is 15.6. The van der Waals surface area contributed by atoms with Crippen LogP contribution in [0.1, 0.15) is 0 Å². The molecule has 2 heteroatoms. The first-order chi connectivity index (χ1) is 13.4. The molecule has 0 saturated heterocycles. The second kappa shape index (κ2) is 6.58. The Labute approximate surface area is 158 Å². The molecule has 0 aliphatic rings. The minimum absolute atomic E-state index is 0.959. The minimum Gasteiger partial charge on any atom is -0.292 e. The summed E-state index contributed by atoms with van der Waals surface area (Å²) in [4.78, 5) is 4.96. The molecule has 128 valence electrons. The van der Waals surface area contributed by atoms with Crippen LogP contribution in [0.25, 0.3) is 39.2 Å². The molecule has 0 radical (unpaired) electrons. The third-order valence-electron chi connectivity index (χ3n) is 4.80. The fourth-order valence-corrected chi connectivity index (χ4v) is 3.53. The van der Waals surface area contributed by atoms with Gasteiger partial charge in [-0.15, -0.1) is 0 Å². The highest BCUT2D eigenvalue weighted by molar-refractivity contribution is 5.84. The fourth-order valence-electron chi connectivity index (χ4n) is 3.53. The van der Waals surface area contributed by atoms with Crippen molar-refractivity contribution in [3.63, 3.8) is 0 Å². The second-order valence-corrected chi connectivity index (χ2v) is 6.54. The normalized spacial score (nSPS) is 11.0. The van der Waals surface area contributed by atoms with Gasteiger partial charge in [-0.25, -0.2) is 4.98 Å². The number of nitrogens with zero attached hydrogens (tertiary/aromatic N) is 2. The van der Waals surface area contributed by atoms with Crippen LogP contribution in [0.15, 0.2) is 109 Å². The standard InChI is InChI=1S/C25H18N2/c1-3-10-19(11-4-1)20-12-9-13-21(18-20)25-26-23-16-7-8-17-24(23)27(25)22-14-5-2-6-15-22/h1-18H. The Bertz CT molecular complexity index is 1210. The number of hydrogen-bond donors (Lipinski definition) is 0. The number of fused-ring (bicyclic) bond motifs is 1. The Hall–Kier alpha value is -3.65. The van der Waals surface area contributed by atoms with Crippen LogP contribution in [0.5, 0.6) is 0 Å². The predicted molar refractivity (Wildman–Crippen MR) is 112 cm³/mol. The summed E-state index contributed by atoms with van der Waals surface area (Å²) in [5, 5.41) is 0. The van der Waals surface area contributed by atoms with Gasteiger partial charge in [-0.1, -0.05) is 78.9 Å². The monoisotopic (exact) mass is 346 g/mol. The van der Waals surface area contributed by atoms with Crippen LogP contribution in [-0.2, 0) is 0 Å². The molecule has 0 spiro atoms. The highest BCUT2D eigenvalue weighted by Crippen LogP contribution is 2.31. The summed E-state index contributed by atoms with van der Waals surface area (Å²) >= 11 is 0. The number of benzene rings is 4. The van der Waals surface area contributed by atoms with Gasteiger partial charge in [-0.05, 0) is 41.5 Å². The number of rotatable bonds is 3. The zero-order valence-electron chi connectivity index (χ0n) is 14.8. The number of para-hydroxylation sites is 3. The van der Waals surface area contributed by atoms with Crippen molar-refractivity contribution in [1.82, 2.24) is 9.55 Å². The lowest BCUT2D eigenvalue weighted by Gasteiger charge is -2.10. The van der Waals surface area contributed by atoms with Crippen molar-refractivity contribution in [3.8, 4) is 28.2 Å². The van der Waals surface area contributed by atoms with Gasteiger partial charge in [-0.2, -0.15) is 0 Å². The van der Waals surface area contributed by atoms with Crippen LogP contribution in [0.3, 0.4) is 0 Å². The maximum Gasteiger partial charge on any atom is 0.145 e. The van der Waals surface area contributed by atoms with Crippen LogP contribution < -0.4 is 0 Å². The summed E-state index contributed by atoms with van der Waals surface area (Å²) in [6.07, 6.45) is 0. The third-order valence-corrected chi connectivity index (χ3v) is 4.80. The average Bonchev–Trinajstić information content (AvgIpc) is 3.15. The van der Waals surface area contributed by atoms with E-state index in [4.69, 9.17) is 4.98 Å². The van der Waals surface area contributed by atoms with Crippen LogP contribution >= 0.6 is 0 Å². The molecular weight excluding hydrogens is 328 g/mol. The van der Waals surface area contributed by atoms with Gasteiger partial charge in [0.05, 0.1) is 11.0 Å². The average molecular weight is 346 g/mol. The molecule has 0 fully saturated rings. The Kier molecular flexibility index (Phi) is 3.80. The minimum atomic E-state index is 0.959. The van der Waals surface area contributed by atoms with Crippen molar-refractivity contribution in [3.05, 3.63) is 109 Å². The van der Waals surface area contributed by atoms with E-state index in [1.807, 2.05) is 18.2 Å². The first-order valence-corrected chi connectivity index (χ1v) is 9.09. The van der Waals surface area contributed by atoms with Crippen molar-refractivity contribution in [2.45, 2.75) is 0 Å². The van der Waals surface area contributed by atoms with Crippen molar-refractivity contribution in [2.75, 3.05) is 0 Å². The highest BCUT2D eigenvalue weighted by Gasteiger charge is 2.14. The Morgan fingerprint density at radius 2 is 1.15 bits per heavy atom. The van der Waals surface area contributed by atoms with Crippen LogP contribution in [-0.4, -0.2) is 9.55 Å². The fraction of sp³-hybridized carbons (Fsp3) is 0. The van der Waals surface area contributed by atoms with Crippen LogP contribution in [0, 0.1) is 0 Å². The van der Waals surface area contributed by atoms with Crippen LogP contribution in [0.4, 0.5) is 0 Å². The molecule has 1 aromatic heterocycles. The number of aromatic nitrogens is 2. The van der Waals surface area contributed by atoms with Gasteiger partial charge < -0.3 is 0 Å². The molecule has 0 N–H and O–H groups in total. The summed E-state index contributed by atoms with van der Waals surface area (Å²) < 4.78 is 2.24. The number of imidazole rings is 1. The van der Waals surface area contributed by atoms with E-state index in [0.29, 0.717) is 0 Å². The van der Waals surface area contributed by atoms with Gasteiger partial charge in [0.2, 0.25) is 0 Å². The largest absolute Gasteiger partial charge is 0.292 e. The molecular formula is C25H18N2. The molecule has 0 aliphatic heterocycles. The molecule has 27 heavy (non-hydrogen) atoms. The molecule has 5 rings (SSSR count). The molecule has 4 aromatic carbocycles. The first-order valence-electron chi connectivity index (χ1n) is 9.09. The van der Waals surface area contributed by atoms with Gasteiger partial charge >= 0.3 is 0 Å². The molecule has 0 amide bonds. The Morgan fingerprint density at radius 1 is 0.519 bits per heavy atom. The zero-order valence-corrected chi connectivity index (χ0v) is 14.8. The van der Waals surface area contributed by atoms with E-state index in [0.717, 1.165) is 28.1 Å². The summed E-state index contributed by atoms with van der Waals surface area (Å²) in [6, 6.07) is 37.8. The summed E-state index contributed by atoms with van der Waals surface area (Å²) in [5.41, 5.74) is 6.74. The van der Waals surface area contributed by atoms with E-state index in [-0.39, 0.29) is 0 Å². The van der Waals surface area contributed by atoms with E-state index in [9.17, 15) is 0 Å². The van der Waals surface area contributed by atoms with Crippen molar-refractivity contribution in [2.24, 2.45) is 0 Å². The van der Waals surface area contributed by atoms with E-state index in [1.54, 1.807) is 0 Å². The van der Waals surface area contributed by atoms with E-state index in [2.05, 4.69) is 95.6 Å². The molecule has 0 saturated carbocycles. The van der Waals surface area contributed by atoms with Gasteiger partial charge in [0.1, 0.15) is 5.82 Å². The smallest absolute Gasteiger partial charge is 0.145 e. The Morgan fingerprint density at radius 3 is 1.96 bits per heavy atom. The van der Waals surface area contributed by atoms with Crippen molar-refractivity contribution < 1.29 is 0 Å². The van der Waals surface area contributed by atoms with Gasteiger partial charge in [0.25, 0.3) is 0 Å². The van der Waals surface area contributed by atoms with E-state index >= 15 is 0 Å². The summed E-state index contributed by atoms with van der Waals surface area (Å²) in [5.74, 6) is 0.959. The second-order valence-electron chi connectivity index (χ2n) is 6.54. The SMILES string of the molecule is c1ccc(-c2cccc(-c3nc4ccccc4n3-c3ccccc3)c2)cc1. The molecule has 0 aliphatic carbocycles. The maximum absolute atomic E-state index is 4.96. The lowest BCUT2D eigenvalue weighted by Crippen LogP contribution is -1.97. The summed E-state index contributed by atoms with van der Waals surface area (Å²) in [7, 11) is 0. The van der Waals surface area contributed by atoms with Crippen LogP contribution in [0.2, 0.25) is 0 Å². The highest BCUT2D eigenvalue weighted by atomic mass is 15.1. The molecule has 2 nitrogen and oxygen atoms in total. The lowest BCUT2D eigenvalue weighted by atomic mass is 10.0. The molecule has 5 aromatic rings. The lowest BCUT2D eigenvalue weighted by molar-refractivity contribution is 1.10. The van der Waals surface area contributed by atoms with E-state index in [1.165, 1.54) is 11.1 Å².